The molecule has 0 aromatic heterocycles. The van der Waals surface area contributed by atoms with Gasteiger partial charge in [-0.1, -0.05) is 6.42 Å². The van der Waals surface area contributed by atoms with Crippen LogP contribution in [0.4, 0.5) is 4.79 Å². The molecule has 2 saturated heterocycles. The van der Waals surface area contributed by atoms with Gasteiger partial charge >= 0.3 is 6.09 Å². The molecule has 1 N–H and O–H groups in total. The largest absolute Gasteiger partial charge is 0.444 e. The summed E-state index contributed by atoms with van der Waals surface area (Å²) >= 11 is 0. The minimum absolute atomic E-state index is 0.225. The van der Waals surface area contributed by atoms with E-state index in [1.54, 1.807) is 0 Å². The predicted octanol–water partition coefficient (Wildman–Crippen LogP) is 1.99. The van der Waals surface area contributed by atoms with E-state index in [0.29, 0.717) is 13.1 Å². The number of hydrogen-bond donors (Lipinski definition) is 1. The molecule has 2 fully saturated rings. The third kappa shape index (κ3) is 6.01. The topological polar surface area (TPSA) is 61.9 Å². The molecule has 23 heavy (non-hydrogen) atoms. The SMILES string of the molecule is CC(C)(C)OC(=O)NC[C@@H]1CCCCN1CC(=O)N1CCCC1. The Morgan fingerprint density at radius 3 is 2.39 bits per heavy atom. The molecular formula is C17H31N3O3. The van der Waals surface area contributed by atoms with Crippen LogP contribution in [-0.4, -0.2) is 66.2 Å². The monoisotopic (exact) mass is 325 g/mol. The zero-order valence-corrected chi connectivity index (χ0v) is 14.8. The van der Waals surface area contributed by atoms with E-state index < -0.39 is 5.60 Å². The maximum atomic E-state index is 12.4. The molecule has 6 nitrogen and oxygen atoms in total. The molecule has 2 aliphatic heterocycles. The van der Waals surface area contributed by atoms with Gasteiger partial charge in [-0.15, -0.1) is 0 Å². The van der Waals surface area contributed by atoms with Gasteiger partial charge in [0.15, 0.2) is 0 Å². The molecule has 2 aliphatic rings. The second-order valence-electron chi connectivity index (χ2n) is 7.59. The highest BCUT2D eigenvalue weighted by atomic mass is 16.6. The molecule has 0 aromatic rings. The summed E-state index contributed by atoms with van der Waals surface area (Å²) in [5, 5.41) is 2.85. The van der Waals surface area contributed by atoms with Crippen molar-refractivity contribution in [1.29, 1.82) is 0 Å². The van der Waals surface area contributed by atoms with E-state index in [1.807, 2.05) is 25.7 Å². The first-order valence-corrected chi connectivity index (χ1v) is 8.84. The van der Waals surface area contributed by atoms with Crippen LogP contribution in [0.3, 0.4) is 0 Å². The lowest BCUT2D eigenvalue weighted by atomic mass is 10.0. The van der Waals surface area contributed by atoms with Gasteiger partial charge in [-0.3, -0.25) is 9.69 Å². The van der Waals surface area contributed by atoms with Gasteiger partial charge in [0.05, 0.1) is 6.54 Å². The summed E-state index contributed by atoms with van der Waals surface area (Å²) in [5.74, 6) is 0.228. The molecule has 0 unspecified atom stereocenters. The zero-order chi connectivity index (χ0) is 16.9. The van der Waals surface area contributed by atoms with Gasteiger partial charge in [-0.25, -0.2) is 4.79 Å². The number of rotatable bonds is 4. The number of hydrogen-bond acceptors (Lipinski definition) is 4. The minimum atomic E-state index is -0.484. The summed E-state index contributed by atoms with van der Waals surface area (Å²) < 4.78 is 5.28. The summed E-state index contributed by atoms with van der Waals surface area (Å²) in [7, 11) is 0. The molecule has 0 spiro atoms. The number of alkyl carbamates (subject to hydrolysis) is 1. The first-order chi connectivity index (χ1) is 10.8. The van der Waals surface area contributed by atoms with E-state index in [-0.39, 0.29) is 18.0 Å². The molecule has 132 valence electrons. The van der Waals surface area contributed by atoms with E-state index in [2.05, 4.69) is 10.2 Å². The summed E-state index contributed by atoms with van der Waals surface area (Å²) in [6, 6.07) is 0.225. The molecular weight excluding hydrogens is 294 g/mol. The molecule has 1 atom stereocenters. The van der Waals surface area contributed by atoms with Gasteiger partial charge in [0.25, 0.3) is 0 Å². The van der Waals surface area contributed by atoms with Crippen molar-refractivity contribution in [3.05, 3.63) is 0 Å². The standard InChI is InChI=1S/C17H31N3O3/c1-17(2,3)23-16(22)18-12-14-8-4-5-11-20(14)13-15(21)19-9-6-7-10-19/h14H,4-13H2,1-3H3,(H,18,22)/t14-/m0/s1. The summed E-state index contributed by atoms with van der Waals surface area (Å²) in [6.07, 6.45) is 5.15. The van der Waals surface area contributed by atoms with Crippen molar-refractivity contribution < 1.29 is 14.3 Å². The summed E-state index contributed by atoms with van der Waals surface area (Å²) in [6.45, 7) is 9.31. The van der Waals surface area contributed by atoms with Crippen molar-refractivity contribution in [3.8, 4) is 0 Å². The zero-order valence-electron chi connectivity index (χ0n) is 14.8. The number of likely N-dealkylation sites (tertiary alicyclic amines) is 2. The van der Waals surface area contributed by atoms with Gasteiger partial charge in [0, 0.05) is 25.7 Å². The Bertz CT molecular complexity index is 414. The van der Waals surface area contributed by atoms with E-state index in [4.69, 9.17) is 4.74 Å². The number of piperidine rings is 1. The van der Waals surface area contributed by atoms with Gasteiger partial charge in [-0.2, -0.15) is 0 Å². The maximum Gasteiger partial charge on any atom is 0.407 e. The van der Waals surface area contributed by atoms with Gasteiger partial charge in [0.1, 0.15) is 5.60 Å². The fourth-order valence-electron chi connectivity index (χ4n) is 3.25. The molecule has 2 amide bonds. The second-order valence-corrected chi connectivity index (χ2v) is 7.59. The maximum absolute atomic E-state index is 12.4. The number of nitrogens with zero attached hydrogens (tertiary/aromatic N) is 2. The van der Waals surface area contributed by atoms with Crippen LogP contribution in [0, 0.1) is 0 Å². The Hall–Kier alpha value is -1.30. The first kappa shape index (κ1) is 18.0. The quantitative estimate of drug-likeness (QED) is 0.859. The lowest BCUT2D eigenvalue weighted by molar-refractivity contribution is -0.132. The summed E-state index contributed by atoms with van der Waals surface area (Å²) in [4.78, 5) is 28.4. The molecule has 6 heteroatoms. The van der Waals surface area contributed by atoms with Crippen LogP contribution < -0.4 is 5.32 Å². The van der Waals surface area contributed by atoms with Crippen LogP contribution in [0.2, 0.25) is 0 Å². The fraction of sp³-hybridized carbons (Fsp3) is 0.882. The minimum Gasteiger partial charge on any atom is -0.444 e. The lowest BCUT2D eigenvalue weighted by Crippen LogP contribution is -2.50. The predicted molar refractivity (Wildman–Crippen MR) is 89.3 cm³/mol. The fourth-order valence-corrected chi connectivity index (χ4v) is 3.25. The highest BCUT2D eigenvalue weighted by Gasteiger charge is 2.28. The van der Waals surface area contributed by atoms with Crippen molar-refractivity contribution >= 4 is 12.0 Å². The van der Waals surface area contributed by atoms with E-state index in [9.17, 15) is 9.59 Å². The molecule has 0 radical (unpaired) electrons. The Kier molecular flexibility index (Phi) is 6.27. The third-order valence-corrected chi connectivity index (χ3v) is 4.43. The van der Waals surface area contributed by atoms with Crippen LogP contribution in [0.5, 0.6) is 0 Å². The van der Waals surface area contributed by atoms with Crippen LogP contribution in [0.1, 0.15) is 52.9 Å². The molecule has 0 bridgehead atoms. The number of amides is 2. The number of carbonyl (C=O) groups excluding carboxylic acids is 2. The van der Waals surface area contributed by atoms with Crippen LogP contribution in [0.15, 0.2) is 0 Å². The highest BCUT2D eigenvalue weighted by molar-refractivity contribution is 5.78. The van der Waals surface area contributed by atoms with Crippen molar-refractivity contribution in [3.63, 3.8) is 0 Å². The normalized spacial score (nSPS) is 22.9. The van der Waals surface area contributed by atoms with Crippen LogP contribution >= 0.6 is 0 Å². The van der Waals surface area contributed by atoms with Crippen LogP contribution in [-0.2, 0) is 9.53 Å². The molecule has 2 rings (SSSR count). The average molecular weight is 325 g/mol. The van der Waals surface area contributed by atoms with Crippen molar-refractivity contribution in [1.82, 2.24) is 15.1 Å². The molecule has 0 aromatic carbocycles. The lowest BCUT2D eigenvalue weighted by Gasteiger charge is -2.36. The average Bonchev–Trinajstić information content (AvgIpc) is 2.99. The van der Waals surface area contributed by atoms with Crippen LogP contribution in [0.25, 0.3) is 0 Å². The number of carbonyl (C=O) groups is 2. The van der Waals surface area contributed by atoms with E-state index >= 15 is 0 Å². The number of nitrogens with one attached hydrogen (secondary N) is 1. The van der Waals surface area contributed by atoms with Crippen molar-refractivity contribution in [2.75, 3.05) is 32.7 Å². The second kappa shape index (κ2) is 7.99. The smallest absolute Gasteiger partial charge is 0.407 e. The molecule has 0 saturated carbocycles. The van der Waals surface area contributed by atoms with Gasteiger partial charge in [0.2, 0.25) is 5.91 Å². The Balaban J connectivity index is 1.80. The van der Waals surface area contributed by atoms with Crippen molar-refractivity contribution in [2.45, 2.75) is 64.5 Å². The van der Waals surface area contributed by atoms with Crippen molar-refractivity contribution in [2.24, 2.45) is 0 Å². The third-order valence-electron chi connectivity index (χ3n) is 4.43. The van der Waals surface area contributed by atoms with Gasteiger partial charge in [-0.05, 0) is 53.0 Å². The Labute approximate surface area is 139 Å². The molecule has 2 heterocycles. The van der Waals surface area contributed by atoms with E-state index in [0.717, 1.165) is 51.7 Å². The number of ether oxygens (including phenoxy) is 1. The van der Waals surface area contributed by atoms with Gasteiger partial charge < -0.3 is 15.0 Å². The summed E-state index contributed by atoms with van der Waals surface area (Å²) in [5.41, 5.74) is -0.484. The Morgan fingerprint density at radius 1 is 1.09 bits per heavy atom. The Morgan fingerprint density at radius 2 is 1.74 bits per heavy atom. The molecule has 0 aliphatic carbocycles. The van der Waals surface area contributed by atoms with E-state index in [1.165, 1.54) is 0 Å². The highest BCUT2D eigenvalue weighted by Crippen LogP contribution is 2.18. The first-order valence-electron chi connectivity index (χ1n) is 8.84.